The second-order valence-corrected chi connectivity index (χ2v) is 6.37. The quantitative estimate of drug-likeness (QED) is 0.929. The topological polar surface area (TPSA) is 57.6 Å². The number of benzene rings is 1. The number of carboxylic acid groups (broad SMARTS) is 1. The van der Waals surface area contributed by atoms with Gasteiger partial charge >= 0.3 is 5.97 Å². The number of aliphatic carboxylic acids is 1. The van der Waals surface area contributed by atoms with Gasteiger partial charge in [-0.15, -0.1) is 0 Å². The van der Waals surface area contributed by atoms with E-state index in [1.807, 2.05) is 0 Å². The molecule has 1 saturated carbocycles. The summed E-state index contributed by atoms with van der Waals surface area (Å²) in [4.78, 5) is 25.3. The third-order valence-electron chi connectivity index (χ3n) is 4.55. The lowest BCUT2D eigenvalue weighted by Gasteiger charge is -2.33. The third-order valence-corrected chi connectivity index (χ3v) is 4.88. The number of hydrogen-bond acceptors (Lipinski definition) is 2. The van der Waals surface area contributed by atoms with Crippen LogP contribution in [0.15, 0.2) is 18.2 Å². The van der Waals surface area contributed by atoms with Gasteiger partial charge < -0.3 is 10.0 Å². The summed E-state index contributed by atoms with van der Waals surface area (Å²) in [5.41, 5.74) is 0.381. The molecule has 4 nitrogen and oxygen atoms in total. The number of piperidine rings is 1. The normalized spacial score (nSPS) is 27.5. The fourth-order valence-corrected chi connectivity index (χ4v) is 3.62. The largest absolute Gasteiger partial charge is 0.480 e. The van der Waals surface area contributed by atoms with Crippen molar-refractivity contribution in [3.05, 3.63) is 34.6 Å². The standard InChI is InChI=1S/C16H17ClFNO3/c17-11-4-3-5-12(18)14(11)9-8-10(9)15(20)19-7-2-1-6-13(19)16(21)22/h3-5,9-10,13H,1-2,6-8H2,(H,21,22)/t9?,10?,13-/m1/s1. The van der Waals surface area contributed by atoms with Crippen molar-refractivity contribution in [3.8, 4) is 0 Å². The molecule has 0 aromatic heterocycles. The molecule has 2 unspecified atom stereocenters. The maximum atomic E-state index is 13.9. The molecule has 1 aromatic carbocycles. The van der Waals surface area contributed by atoms with E-state index >= 15 is 0 Å². The van der Waals surface area contributed by atoms with E-state index in [1.165, 1.54) is 17.0 Å². The van der Waals surface area contributed by atoms with Crippen molar-refractivity contribution in [2.75, 3.05) is 6.54 Å². The Bertz CT molecular complexity index is 601. The van der Waals surface area contributed by atoms with Crippen LogP contribution >= 0.6 is 11.6 Å². The van der Waals surface area contributed by atoms with Gasteiger partial charge in [-0.2, -0.15) is 0 Å². The first-order chi connectivity index (χ1) is 10.5. The average Bonchev–Trinajstić information content (AvgIpc) is 3.26. The highest BCUT2D eigenvalue weighted by Gasteiger charge is 2.49. The molecule has 6 heteroatoms. The van der Waals surface area contributed by atoms with Crippen molar-refractivity contribution in [2.45, 2.75) is 37.6 Å². The minimum Gasteiger partial charge on any atom is -0.480 e. The van der Waals surface area contributed by atoms with Gasteiger partial charge in [0.15, 0.2) is 0 Å². The van der Waals surface area contributed by atoms with E-state index < -0.39 is 17.8 Å². The van der Waals surface area contributed by atoms with Crippen molar-refractivity contribution in [1.82, 2.24) is 4.90 Å². The summed E-state index contributed by atoms with van der Waals surface area (Å²) >= 11 is 6.04. The SMILES string of the molecule is O=C(O)[C@H]1CCCCN1C(=O)C1CC1c1c(F)cccc1Cl. The Balaban J connectivity index is 1.76. The van der Waals surface area contributed by atoms with Gasteiger partial charge in [0.25, 0.3) is 0 Å². The zero-order valence-corrected chi connectivity index (χ0v) is 12.7. The molecule has 1 aliphatic heterocycles. The molecular weight excluding hydrogens is 309 g/mol. The minimum absolute atomic E-state index is 0.184. The molecule has 1 saturated heterocycles. The number of rotatable bonds is 3. The molecule has 118 valence electrons. The van der Waals surface area contributed by atoms with Crippen molar-refractivity contribution in [2.24, 2.45) is 5.92 Å². The van der Waals surface area contributed by atoms with E-state index in [-0.39, 0.29) is 17.7 Å². The van der Waals surface area contributed by atoms with Crippen LogP contribution in [0.2, 0.25) is 5.02 Å². The minimum atomic E-state index is -0.964. The number of amides is 1. The summed E-state index contributed by atoms with van der Waals surface area (Å²) in [5, 5.41) is 9.58. The van der Waals surface area contributed by atoms with Crippen LogP contribution in [0.4, 0.5) is 4.39 Å². The molecule has 1 heterocycles. The molecule has 22 heavy (non-hydrogen) atoms. The average molecular weight is 326 g/mol. The smallest absolute Gasteiger partial charge is 0.326 e. The molecule has 0 radical (unpaired) electrons. The molecule has 2 fully saturated rings. The molecule has 2 aliphatic rings. The monoisotopic (exact) mass is 325 g/mol. The number of carbonyl (C=O) groups is 2. The van der Waals surface area contributed by atoms with Crippen molar-refractivity contribution >= 4 is 23.5 Å². The van der Waals surface area contributed by atoms with E-state index in [0.29, 0.717) is 30.0 Å². The van der Waals surface area contributed by atoms with Gasteiger partial charge in [-0.3, -0.25) is 4.79 Å². The lowest BCUT2D eigenvalue weighted by Crippen LogP contribution is -2.48. The second-order valence-electron chi connectivity index (χ2n) is 5.97. The summed E-state index contributed by atoms with van der Waals surface area (Å²) in [6.07, 6.45) is 2.64. The molecule has 1 aromatic rings. The fraction of sp³-hybridized carbons (Fsp3) is 0.500. The van der Waals surface area contributed by atoms with Crippen LogP contribution in [0, 0.1) is 11.7 Å². The van der Waals surface area contributed by atoms with Crippen LogP contribution in [0.3, 0.4) is 0 Å². The fourth-order valence-electron chi connectivity index (χ4n) is 3.32. The van der Waals surface area contributed by atoms with Crippen molar-refractivity contribution in [3.63, 3.8) is 0 Å². The third kappa shape index (κ3) is 2.70. The van der Waals surface area contributed by atoms with Crippen LogP contribution in [-0.4, -0.2) is 34.5 Å². The van der Waals surface area contributed by atoms with Crippen molar-refractivity contribution < 1.29 is 19.1 Å². The Kier molecular flexibility index (Phi) is 4.08. The zero-order valence-electron chi connectivity index (χ0n) is 12.0. The summed E-state index contributed by atoms with van der Waals surface area (Å²) in [7, 11) is 0. The molecule has 3 atom stereocenters. The van der Waals surface area contributed by atoms with E-state index in [4.69, 9.17) is 11.6 Å². The van der Waals surface area contributed by atoms with Gasteiger partial charge in [-0.25, -0.2) is 9.18 Å². The first kappa shape index (κ1) is 15.3. The molecular formula is C16H17ClFNO3. The first-order valence-electron chi connectivity index (χ1n) is 7.48. The molecule has 0 bridgehead atoms. The highest BCUT2D eigenvalue weighted by atomic mass is 35.5. The number of carbonyl (C=O) groups excluding carboxylic acids is 1. The van der Waals surface area contributed by atoms with Crippen LogP contribution < -0.4 is 0 Å². The summed E-state index contributed by atoms with van der Waals surface area (Å²) in [6.45, 7) is 0.462. The van der Waals surface area contributed by atoms with Gasteiger partial charge in [0, 0.05) is 29.0 Å². The van der Waals surface area contributed by atoms with Gasteiger partial charge in [-0.1, -0.05) is 17.7 Å². The molecule has 1 aliphatic carbocycles. The number of halogens is 2. The Morgan fingerprint density at radius 3 is 2.77 bits per heavy atom. The van der Waals surface area contributed by atoms with Crippen LogP contribution in [0.25, 0.3) is 0 Å². The van der Waals surface area contributed by atoms with Gasteiger partial charge in [0.05, 0.1) is 0 Å². The lowest BCUT2D eigenvalue weighted by molar-refractivity contribution is -0.152. The zero-order chi connectivity index (χ0) is 15.9. The predicted octanol–water partition coefficient (Wildman–Crippen LogP) is 3.05. The maximum Gasteiger partial charge on any atom is 0.326 e. The Morgan fingerprint density at radius 1 is 1.32 bits per heavy atom. The summed E-state index contributed by atoms with van der Waals surface area (Å²) in [5.74, 6) is -2.14. The van der Waals surface area contributed by atoms with Gasteiger partial charge in [0.1, 0.15) is 11.9 Å². The molecule has 0 spiro atoms. The summed E-state index contributed by atoms with van der Waals surface area (Å²) < 4.78 is 13.9. The van der Waals surface area contributed by atoms with Crippen LogP contribution in [-0.2, 0) is 9.59 Å². The van der Waals surface area contributed by atoms with E-state index in [9.17, 15) is 19.1 Å². The number of likely N-dealkylation sites (tertiary alicyclic amines) is 1. The predicted molar refractivity (Wildman–Crippen MR) is 79.2 cm³/mol. The van der Waals surface area contributed by atoms with E-state index in [1.54, 1.807) is 6.07 Å². The Morgan fingerprint density at radius 2 is 2.09 bits per heavy atom. The summed E-state index contributed by atoms with van der Waals surface area (Å²) in [6, 6.07) is 3.73. The first-order valence-corrected chi connectivity index (χ1v) is 7.85. The van der Waals surface area contributed by atoms with Gasteiger partial charge in [0.2, 0.25) is 5.91 Å². The number of carboxylic acids is 1. The van der Waals surface area contributed by atoms with E-state index in [2.05, 4.69) is 0 Å². The highest BCUT2D eigenvalue weighted by Crippen LogP contribution is 2.51. The number of nitrogens with zero attached hydrogens (tertiary/aromatic N) is 1. The number of hydrogen-bond donors (Lipinski definition) is 1. The Labute approximate surface area is 132 Å². The molecule has 1 N–H and O–H groups in total. The lowest BCUT2D eigenvalue weighted by atomic mass is 10.0. The maximum absolute atomic E-state index is 13.9. The molecule has 3 rings (SSSR count). The highest BCUT2D eigenvalue weighted by molar-refractivity contribution is 6.31. The van der Waals surface area contributed by atoms with Crippen molar-refractivity contribution in [1.29, 1.82) is 0 Å². The second kappa shape index (κ2) is 5.88. The molecule has 1 amide bonds. The Hall–Kier alpha value is -1.62. The van der Waals surface area contributed by atoms with E-state index in [0.717, 1.165) is 12.8 Å². The van der Waals surface area contributed by atoms with Crippen LogP contribution in [0.1, 0.15) is 37.2 Å². The van der Waals surface area contributed by atoms with Gasteiger partial charge in [-0.05, 0) is 37.8 Å². The van der Waals surface area contributed by atoms with Crippen LogP contribution in [0.5, 0.6) is 0 Å².